The van der Waals surface area contributed by atoms with Crippen molar-refractivity contribution in [3.8, 4) is 11.4 Å². The molecule has 0 amide bonds. The molecule has 0 aliphatic heterocycles. The molecule has 1 aromatic heterocycles. The average molecular weight is 347 g/mol. The summed E-state index contributed by atoms with van der Waals surface area (Å²) in [5.74, 6) is 0.537. The highest BCUT2D eigenvalue weighted by Gasteiger charge is 2.16. The number of aromatic nitrogens is 2. The highest BCUT2D eigenvalue weighted by atomic mass is 35.5. The molecule has 0 saturated heterocycles. The minimum Gasteiger partial charge on any atom is -0.495 e. The Labute approximate surface area is 143 Å². The van der Waals surface area contributed by atoms with Gasteiger partial charge in [-0.3, -0.25) is 9.36 Å². The Kier molecular flexibility index (Phi) is 4.33. The van der Waals surface area contributed by atoms with Crippen LogP contribution in [0.25, 0.3) is 16.6 Å². The van der Waals surface area contributed by atoms with E-state index in [0.29, 0.717) is 32.5 Å². The van der Waals surface area contributed by atoms with Crippen LogP contribution in [0.3, 0.4) is 0 Å². The zero-order valence-electron chi connectivity index (χ0n) is 13.0. The van der Waals surface area contributed by atoms with Crippen LogP contribution in [0.15, 0.2) is 46.3 Å². The van der Waals surface area contributed by atoms with Crippen LogP contribution in [0.4, 0.5) is 0 Å². The molecule has 3 rings (SSSR count). The zero-order chi connectivity index (χ0) is 16.6. The largest absolute Gasteiger partial charge is 0.495 e. The number of methoxy groups -OCH3 is 1. The van der Waals surface area contributed by atoms with Crippen molar-refractivity contribution in [3.63, 3.8) is 0 Å². The predicted molar refractivity (Wildman–Crippen MR) is 95.4 cm³/mol. The number of nitrogens with zero attached hydrogens (tertiary/aromatic N) is 2. The van der Waals surface area contributed by atoms with Crippen LogP contribution in [-0.2, 0) is 0 Å². The van der Waals surface area contributed by atoms with Crippen LogP contribution < -0.4 is 10.3 Å². The highest BCUT2D eigenvalue weighted by Crippen LogP contribution is 2.31. The van der Waals surface area contributed by atoms with Gasteiger partial charge in [-0.25, -0.2) is 4.98 Å². The van der Waals surface area contributed by atoms with E-state index in [1.807, 2.05) is 37.4 Å². The number of benzene rings is 2. The molecule has 4 nitrogen and oxygen atoms in total. The molecule has 1 heterocycles. The SMILES string of the molecule is COc1cc(Cl)c(C)cc1-n1c(SC)nc2ccccc2c1=O. The zero-order valence-corrected chi connectivity index (χ0v) is 14.5. The Morgan fingerprint density at radius 1 is 1.26 bits per heavy atom. The molecule has 0 bridgehead atoms. The minimum absolute atomic E-state index is 0.125. The minimum atomic E-state index is -0.125. The normalized spacial score (nSPS) is 11.0. The number of fused-ring (bicyclic) bond motifs is 1. The number of aryl methyl sites for hydroxylation is 1. The lowest BCUT2D eigenvalue weighted by atomic mass is 10.2. The Bertz CT molecular complexity index is 953. The summed E-state index contributed by atoms with van der Waals surface area (Å²) < 4.78 is 7.00. The molecule has 3 aromatic rings. The van der Waals surface area contributed by atoms with Gasteiger partial charge in [0.25, 0.3) is 5.56 Å². The van der Waals surface area contributed by atoms with Crippen molar-refractivity contribution in [2.45, 2.75) is 12.1 Å². The Morgan fingerprint density at radius 3 is 2.70 bits per heavy atom. The molecule has 23 heavy (non-hydrogen) atoms. The summed E-state index contributed by atoms with van der Waals surface area (Å²) in [6.45, 7) is 1.89. The van der Waals surface area contributed by atoms with Crippen LogP contribution in [0.2, 0.25) is 5.02 Å². The van der Waals surface area contributed by atoms with E-state index in [9.17, 15) is 4.79 Å². The maximum Gasteiger partial charge on any atom is 0.266 e. The maximum atomic E-state index is 13.0. The number of hydrogen-bond donors (Lipinski definition) is 0. The van der Waals surface area contributed by atoms with Crippen LogP contribution in [0.1, 0.15) is 5.56 Å². The summed E-state index contributed by atoms with van der Waals surface area (Å²) in [7, 11) is 1.56. The van der Waals surface area contributed by atoms with Crippen molar-refractivity contribution in [2.75, 3.05) is 13.4 Å². The summed E-state index contributed by atoms with van der Waals surface area (Å²) in [4.78, 5) is 17.6. The van der Waals surface area contributed by atoms with Crippen LogP contribution >= 0.6 is 23.4 Å². The van der Waals surface area contributed by atoms with E-state index < -0.39 is 0 Å². The first-order chi connectivity index (χ1) is 11.1. The first-order valence-corrected chi connectivity index (χ1v) is 8.57. The Balaban J connectivity index is 2.43. The number of ether oxygens (including phenoxy) is 1. The Morgan fingerprint density at radius 2 is 2.00 bits per heavy atom. The summed E-state index contributed by atoms with van der Waals surface area (Å²) in [6, 6.07) is 10.9. The molecular formula is C17H15ClN2O2S. The number of hydrogen-bond acceptors (Lipinski definition) is 4. The van der Waals surface area contributed by atoms with Gasteiger partial charge < -0.3 is 4.74 Å². The van der Waals surface area contributed by atoms with Crippen molar-refractivity contribution in [3.05, 3.63) is 57.3 Å². The first kappa shape index (κ1) is 15.9. The molecule has 0 N–H and O–H groups in total. The summed E-state index contributed by atoms with van der Waals surface area (Å²) in [6.07, 6.45) is 1.89. The summed E-state index contributed by atoms with van der Waals surface area (Å²) in [5.41, 5.74) is 2.07. The van der Waals surface area contributed by atoms with Crippen molar-refractivity contribution in [1.29, 1.82) is 0 Å². The average Bonchev–Trinajstić information content (AvgIpc) is 2.57. The molecular weight excluding hydrogens is 332 g/mol. The number of halogens is 1. The predicted octanol–water partition coefficient (Wildman–Crippen LogP) is 4.08. The molecule has 6 heteroatoms. The quantitative estimate of drug-likeness (QED) is 0.529. The van der Waals surface area contributed by atoms with E-state index >= 15 is 0 Å². The standard InChI is InChI=1S/C17H15ClN2O2S/c1-10-8-14(15(22-2)9-12(10)18)20-16(21)11-6-4-5-7-13(11)19-17(20)23-3/h4-9H,1-3H3. The lowest BCUT2D eigenvalue weighted by molar-refractivity contribution is 0.411. The lowest BCUT2D eigenvalue weighted by Gasteiger charge is -2.16. The number of thioether (sulfide) groups is 1. The van der Waals surface area contributed by atoms with Crippen LogP contribution in [-0.4, -0.2) is 22.9 Å². The van der Waals surface area contributed by atoms with Crippen molar-refractivity contribution in [2.24, 2.45) is 0 Å². The molecule has 118 valence electrons. The van der Waals surface area contributed by atoms with Crippen molar-refractivity contribution >= 4 is 34.3 Å². The molecule has 0 atom stereocenters. The third kappa shape index (κ3) is 2.71. The second-order valence-electron chi connectivity index (χ2n) is 5.03. The molecule has 0 fully saturated rings. The second kappa shape index (κ2) is 6.26. The van der Waals surface area contributed by atoms with Crippen molar-refractivity contribution in [1.82, 2.24) is 9.55 Å². The summed E-state index contributed by atoms with van der Waals surface area (Å²) in [5, 5.41) is 1.77. The topological polar surface area (TPSA) is 44.1 Å². The molecule has 2 aromatic carbocycles. The first-order valence-electron chi connectivity index (χ1n) is 6.97. The molecule has 0 aliphatic rings. The maximum absolute atomic E-state index is 13.0. The molecule has 0 unspecified atom stereocenters. The fraction of sp³-hybridized carbons (Fsp3) is 0.176. The van der Waals surface area contributed by atoms with Gasteiger partial charge in [0.1, 0.15) is 5.75 Å². The van der Waals surface area contributed by atoms with E-state index in [2.05, 4.69) is 4.98 Å². The van der Waals surface area contributed by atoms with Crippen molar-refractivity contribution < 1.29 is 4.74 Å². The Hall–Kier alpha value is -1.98. The van der Waals surface area contributed by atoms with Gasteiger partial charge in [0, 0.05) is 11.1 Å². The van der Waals surface area contributed by atoms with E-state index in [1.165, 1.54) is 11.8 Å². The van der Waals surface area contributed by atoms with E-state index in [1.54, 1.807) is 23.8 Å². The number of para-hydroxylation sites is 1. The van der Waals surface area contributed by atoms with Gasteiger partial charge in [0.05, 0.1) is 23.7 Å². The monoisotopic (exact) mass is 346 g/mol. The van der Waals surface area contributed by atoms with Gasteiger partial charge in [-0.1, -0.05) is 35.5 Å². The van der Waals surface area contributed by atoms with Gasteiger partial charge >= 0.3 is 0 Å². The third-order valence-electron chi connectivity index (χ3n) is 3.63. The van der Waals surface area contributed by atoms with E-state index in [-0.39, 0.29) is 5.56 Å². The van der Waals surface area contributed by atoms with Gasteiger partial charge in [0.15, 0.2) is 5.16 Å². The van der Waals surface area contributed by atoms with Crippen LogP contribution in [0, 0.1) is 6.92 Å². The second-order valence-corrected chi connectivity index (χ2v) is 6.21. The smallest absolute Gasteiger partial charge is 0.266 e. The fourth-order valence-corrected chi connectivity index (χ4v) is 3.16. The van der Waals surface area contributed by atoms with Crippen LogP contribution in [0.5, 0.6) is 5.75 Å². The van der Waals surface area contributed by atoms with Gasteiger partial charge in [-0.15, -0.1) is 0 Å². The third-order valence-corrected chi connectivity index (χ3v) is 4.67. The fourth-order valence-electron chi connectivity index (χ4n) is 2.45. The van der Waals surface area contributed by atoms with Gasteiger partial charge in [0.2, 0.25) is 0 Å². The molecule has 0 saturated carbocycles. The molecule has 0 aliphatic carbocycles. The van der Waals surface area contributed by atoms with Gasteiger partial charge in [-0.2, -0.15) is 0 Å². The number of rotatable bonds is 3. The molecule has 0 spiro atoms. The van der Waals surface area contributed by atoms with Gasteiger partial charge in [-0.05, 0) is 36.9 Å². The lowest BCUT2D eigenvalue weighted by Crippen LogP contribution is -2.22. The molecule has 0 radical (unpaired) electrons. The van der Waals surface area contributed by atoms with E-state index in [4.69, 9.17) is 16.3 Å². The summed E-state index contributed by atoms with van der Waals surface area (Å²) >= 11 is 7.58. The highest BCUT2D eigenvalue weighted by molar-refractivity contribution is 7.98. The van der Waals surface area contributed by atoms with E-state index in [0.717, 1.165) is 5.56 Å².